The van der Waals surface area contributed by atoms with Crippen molar-refractivity contribution in [1.82, 2.24) is 15.5 Å². The van der Waals surface area contributed by atoms with Gasteiger partial charge in [-0.2, -0.15) is 0 Å². The lowest BCUT2D eigenvalue weighted by Crippen LogP contribution is -2.49. The first kappa shape index (κ1) is 15.6. The Kier molecular flexibility index (Phi) is 4.89. The van der Waals surface area contributed by atoms with Crippen molar-refractivity contribution in [3.8, 4) is 0 Å². The second kappa shape index (κ2) is 6.88. The highest BCUT2D eigenvalue weighted by atomic mass is 16.2. The van der Waals surface area contributed by atoms with Crippen LogP contribution in [0.4, 0.5) is 4.79 Å². The Hall–Kier alpha value is -1.26. The van der Waals surface area contributed by atoms with E-state index < -0.39 is 0 Å². The molecule has 124 valence electrons. The van der Waals surface area contributed by atoms with Gasteiger partial charge >= 0.3 is 6.03 Å². The fraction of sp³-hybridized carbons (Fsp3) is 0.882. The van der Waals surface area contributed by atoms with Gasteiger partial charge < -0.3 is 15.5 Å². The first-order chi connectivity index (χ1) is 10.6. The number of carbonyl (C=O) groups excluding carboxylic acids is 2. The zero-order valence-electron chi connectivity index (χ0n) is 13.6. The van der Waals surface area contributed by atoms with Gasteiger partial charge in [-0.25, -0.2) is 4.79 Å². The van der Waals surface area contributed by atoms with Crippen LogP contribution in [0, 0.1) is 11.8 Å². The molecule has 0 radical (unpaired) electrons. The average molecular weight is 307 g/mol. The first-order valence-corrected chi connectivity index (χ1v) is 8.99. The fourth-order valence-corrected chi connectivity index (χ4v) is 3.67. The van der Waals surface area contributed by atoms with Crippen molar-refractivity contribution in [3.63, 3.8) is 0 Å². The molecule has 22 heavy (non-hydrogen) atoms. The molecule has 0 bridgehead atoms. The molecular weight excluding hydrogens is 278 g/mol. The van der Waals surface area contributed by atoms with Crippen LogP contribution in [0.5, 0.6) is 0 Å². The van der Waals surface area contributed by atoms with Crippen LogP contribution in [0.25, 0.3) is 0 Å². The minimum atomic E-state index is 0.0576. The molecule has 1 heterocycles. The Morgan fingerprint density at radius 3 is 2.23 bits per heavy atom. The number of amides is 3. The van der Waals surface area contributed by atoms with E-state index in [0.29, 0.717) is 31.1 Å². The molecule has 0 spiro atoms. The van der Waals surface area contributed by atoms with Crippen molar-refractivity contribution >= 4 is 11.9 Å². The van der Waals surface area contributed by atoms with Crippen LogP contribution in [-0.4, -0.2) is 42.0 Å². The summed E-state index contributed by atoms with van der Waals surface area (Å²) in [5.41, 5.74) is 0. The third-order valence-corrected chi connectivity index (χ3v) is 5.50. The highest BCUT2D eigenvalue weighted by molar-refractivity contribution is 5.80. The van der Waals surface area contributed by atoms with Gasteiger partial charge in [0.05, 0.1) is 0 Å². The van der Waals surface area contributed by atoms with E-state index >= 15 is 0 Å². The Morgan fingerprint density at radius 1 is 0.909 bits per heavy atom. The molecule has 3 aliphatic rings. The van der Waals surface area contributed by atoms with Crippen LogP contribution in [0.2, 0.25) is 0 Å². The molecule has 0 aromatic rings. The van der Waals surface area contributed by atoms with E-state index in [-0.39, 0.29) is 17.9 Å². The fourth-order valence-electron chi connectivity index (χ4n) is 3.67. The molecule has 1 saturated heterocycles. The molecule has 0 aromatic heterocycles. The topological polar surface area (TPSA) is 61.4 Å². The third kappa shape index (κ3) is 3.93. The summed E-state index contributed by atoms with van der Waals surface area (Å²) < 4.78 is 0. The van der Waals surface area contributed by atoms with Crippen molar-refractivity contribution in [3.05, 3.63) is 0 Å². The normalized spacial score (nSPS) is 30.0. The summed E-state index contributed by atoms with van der Waals surface area (Å²) in [4.78, 5) is 26.3. The van der Waals surface area contributed by atoms with Gasteiger partial charge in [0.25, 0.3) is 0 Å². The summed E-state index contributed by atoms with van der Waals surface area (Å²) in [6.07, 6.45) is 8.70. The molecule has 5 heteroatoms. The van der Waals surface area contributed by atoms with Crippen LogP contribution in [0.1, 0.15) is 58.3 Å². The number of likely N-dealkylation sites (tertiary alicyclic amines) is 1. The maximum atomic E-state index is 12.4. The van der Waals surface area contributed by atoms with Gasteiger partial charge in [0.1, 0.15) is 0 Å². The Labute approximate surface area is 133 Å². The summed E-state index contributed by atoms with van der Waals surface area (Å²) in [6, 6.07) is 0.820. The van der Waals surface area contributed by atoms with Crippen molar-refractivity contribution in [2.75, 3.05) is 13.1 Å². The van der Waals surface area contributed by atoms with Gasteiger partial charge in [-0.3, -0.25) is 4.79 Å². The van der Waals surface area contributed by atoms with Crippen LogP contribution >= 0.6 is 0 Å². The number of piperidine rings is 1. The average Bonchev–Trinajstić information content (AvgIpc) is 3.33. The third-order valence-electron chi connectivity index (χ3n) is 5.50. The standard InChI is InChI=1S/C17H29N3O2/c1-12-4-2-3-5-15(12)19-16(21)13-8-10-20(11-9-13)17(22)18-14-6-7-14/h12-15H,2-11H2,1H3,(H,18,22)(H,19,21). The van der Waals surface area contributed by atoms with E-state index in [1.54, 1.807) is 0 Å². The highest BCUT2D eigenvalue weighted by Gasteiger charge is 2.32. The van der Waals surface area contributed by atoms with E-state index in [9.17, 15) is 9.59 Å². The molecule has 3 fully saturated rings. The van der Waals surface area contributed by atoms with Crippen molar-refractivity contribution in [2.24, 2.45) is 11.8 Å². The lowest BCUT2D eigenvalue weighted by Gasteiger charge is -2.34. The number of nitrogens with one attached hydrogen (secondary N) is 2. The molecule has 0 aromatic carbocycles. The molecule has 2 N–H and O–H groups in total. The molecular formula is C17H29N3O2. The molecule has 2 saturated carbocycles. The minimum Gasteiger partial charge on any atom is -0.353 e. The van der Waals surface area contributed by atoms with E-state index in [1.165, 1.54) is 19.3 Å². The van der Waals surface area contributed by atoms with Crippen LogP contribution in [0.3, 0.4) is 0 Å². The summed E-state index contributed by atoms with van der Waals surface area (Å²) in [5, 5.41) is 6.29. The van der Waals surface area contributed by atoms with Gasteiger partial charge in [-0.05, 0) is 44.4 Å². The number of hydrogen-bond donors (Lipinski definition) is 2. The summed E-state index contributed by atoms with van der Waals surface area (Å²) in [7, 11) is 0. The zero-order chi connectivity index (χ0) is 15.5. The predicted octanol–water partition coefficient (Wildman–Crippen LogP) is 2.27. The SMILES string of the molecule is CC1CCCCC1NC(=O)C1CCN(C(=O)NC2CC2)CC1. The van der Waals surface area contributed by atoms with Crippen LogP contribution < -0.4 is 10.6 Å². The molecule has 3 rings (SSSR count). The second-order valence-electron chi connectivity index (χ2n) is 7.36. The monoisotopic (exact) mass is 307 g/mol. The summed E-state index contributed by atoms with van der Waals surface area (Å²) >= 11 is 0. The molecule has 3 amide bonds. The molecule has 2 aliphatic carbocycles. The van der Waals surface area contributed by atoms with Crippen molar-refractivity contribution < 1.29 is 9.59 Å². The Bertz CT molecular complexity index is 414. The van der Waals surface area contributed by atoms with Crippen molar-refractivity contribution in [1.29, 1.82) is 0 Å². The quantitative estimate of drug-likeness (QED) is 0.840. The van der Waals surface area contributed by atoms with Crippen molar-refractivity contribution in [2.45, 2.75) is 70.4 Å². The predicted molar refractivity (Wildman–Crippen MR) is 85.4 cm³/mol. The highest BCUT2D eigenvalue weighted by Crippen LogP contribution is 2.25. The van der Waals surface area contributed by atoms with Gasteiger partial charge in [0.2, 0.25) is 5.91 Å². The maximum absolute atomic E-state index is 12.4. The maximum Gasteiger partial charge on any atom is 0.317 e. The van der Waals surface area contributed by atoms with E-state index in [4.69, 9.17) is 0 Å². The molecule has 2 unspecified atom stereocenters. The number of rotatable bonds is 3. The smallest absolute Gasteiger partial charge is 0.317 e. The lowest BCUT2D eigenvalue weighted by molar-refractivity contribution is -0.127. The van der Waals surface area contributed by atoms with Gasteiger partial charge in [0, 0.05) is 31.1 Å². The van der Waals surface area contributed by atoms with Gasteiger partial charge in [0.15, 0.2) is 0 Å². The van der Waals surface area contributed by atoms with E-state index in [0.717, 1.165) is 32.1 Å². The number of nitrogens with zero attached hydrogens (tertiary/aromatic N) is 1. The zero-order valence-corrected chi connectivity index (χ0v) is 13.6. The van der Waals surface area contributed by atoms with Crippen LogP contribution in [-0.2, 0) is 4.79 Å². The minimum absolute atomic E-state index is 0.0576. The second-order valence-corrected chi connectivity index (χ2v) is 7.36. The summed E-state index contributed by atoms with van der Waals surface area (Å²) in [5.74, 6) is 0.891. The molecule has 2 atom stereocenters. The summed E-state index contributed by atoms with van der Waals surface area (Å²) in [6.45, 7) is 3.66. The molecule has 5 nitrogen and oxygen atoms in total. The Balaban J connectivity index is 1.42. The van der Waals surface area contributed by atoms with E-state index in [2.05, 4.69) is 17.6 Å². The first-order valence-electron chi connectivity index (χ1n) is 8.99. The number of carbonyl (C=O) groups is 2. The lowest BCUT2D eigenvalue weighted by atomic mass is 9.85. The van der Waals surface area contributed by atoms with E-state index in [1.807, 2.05) is 4.90 Å². The Morgan fingerprint density at radius 2 is 1.59 bits per heavy atom. The van der Waals surface area contributed by atoms with Crippen LogP contribution in [0.15, 0.2) is 0 Å². The largest absolute Gasteiger partial charge is 0.353 e. The van der Waals surface area contributed by atoms with Gasteiger partial charge in [-0.1, -0.05) is 19.8 Å². The number of hydrogen-bond acceptors (Lipinski definition) is 2. The van der Waals surface area contributed by atoms with Gasteiger partial charge in [-0.15, -0.1) is 0 Å². The molecule has 1 aliphatic heterocycles. The number of urea groups is 1.